The minimum absolute atomic E-state index is 0.137. The summed E-state index contributed by atoms with van der Waals surface area (Å²) in [5, 5.41) is 11.2. The molecule has 0 unspecified atom stereocenters. The van der Waals surface area contributed by atoms with E-state index < -0.39 is 28.3 Å². The number of hydrogen-bond donors (Lipinski definition) is 0. The second-order valence-corrected chi connectivity index (χ2v) is 8.63. The lowest BCUT2D eigenvalue weighted by Gasteiger charge is -2.29. The smallest absolute Gasteiger partial charge is 0.420 e. The number of nitro groups is 1. The molecule has 1 aromatic carbocycles. The highest BCUT2D eigenvalue weighted by Crippen LogP contribution is 2.27. The van der Waals surface area contributed by atoms with Gasteiger partial charge < -0.3 is 14.4 Å². The van der Waals surface area contributed by atoms with Gasteiger partial charge in [-0.3, -0.25) is 10.1 Å². The van der Waals surface area contributed by atoms with E-state index in [0.717, 1.165) is 4.90 Å². The molecule has 0 radical (unpaired) electrons. The van der Waals surface area contributed by atoms with Crippen molar-refractivity contribution in [2.75, 3.05) is 18.5 Å². The SMILES string of the molecule is CCN(C)c1ccc([N+](=O)[O-])cc1CN(C(=O)OC(C)(C)C)C(=O)OC(C)(C)C. The third kappa shape index (κ3) is 7.59. The van der Waals surface area contributed by atoms with Crippen molar-refractivity contribution in [1.82, 2.24) is 4.90 Å². The molecular weight excluding hydrogens is 378 g/mol. The summed E-state index contributed by atoms with van der Waals surface area (Å²) in [7, 11) is 1.82. The maximum Gasteiger partial charge on any atom is 0.420 e. The van der Waals surface area contributed by atoms with E-state index in [9.17, 15) is 19.7 Å². The quantitative estimate of drug-likeness (QED) is 0.512. The van der Waals surface area contributed by atoms with Crippen molar-refractivity contribution >= 4 is 23.6 Å². The van der Waals surface area contributed by atoms with Crippen molar-refractivity contribution in [3.8, 4) is 0 Å². The number of non-ortho nitro benzene ring substituents is 1. The Balaban J connectivity index is 3.39. The molecule has 162 valence electrons. The van der Waals surface area contributed by atoms with Crippen LogP contribution in [0.5, 0.6) is 0 Å². The first-order valence-electron chi connectivity index (χ1n) is 9.36. The maximum atomic E-state index is 12.7. The van der Waals surface area contributed by atoms with E-state index in [0.29, 0.717) is 17.8 Å². The molecule has 0 aliphatic rings. The van der Waals surface area contributed by atoms with Gasteiger partial charge in [0.15, 0.2) is 0 Å². The topological polar surface area (TPSA) is 102 Å². The van der Waals surface area contributed by atoms with Gasteiger partial charge in [0.25, 0.3) is 5.69 Å². The highest BCUT2D eigenvalue weighted by molar-refractivity contribution is 5.88. The van der Waals surface area contributed by atoms with Crippen LogP contribution in [-0.4, -0.2) is 46.8 Å². The zero-order chi connectivity index (χ0) is 22.6. The molecule has 29 heavy (non-hydrogen) atoms. The lowest BCUT2D eigenvalue weighted by Crippen LogP contribution is -2.43. The van der Waals surface area contributed by atoms with Crippen LogP contribution in [-0.2, 0) is 16.0 Å². The summed E-state index contributed by atoms with van der Waals surface area (Å²) in [6.07, 6.45) is -1.77. The zero-order valence-corrected chi connectivity index (χ0v) is 18.4. The van der Waals surface area contributed by atoms with Gasteiger partial charge in [-0.1, -0.05) is 0 Å². The van der Waals surface area contributed by atoms with Crippen molar-refractivity contribution in [1.29, 1.82) is 0 Å². The zero-order valence-electron chi connectivity index (χ0n) is 18.4. The minimum Gasteiger partial charge on any atom is -0.443 e. The second-order valence-electron chi connectivity index (χ2n) is 8.63. The summed E-state index contributed by atoms with van der Waals surface area (Å²) in [6.45, 7) is 12.4. The van der Waals surface area contributed by atoms with Gasteiger partial charge in [-0.2, -0.15) is 0 Å². The van der Waals surface area contributed by atoms with Crippen LogP contribution in [0.1, 0.15) is 54.0 Å². The monoisotopic (exact) mass is 409 g/mol. The first-order valence-corrected chi connectivity index (χ1v) is 9.36. The highest BCUT2D eigenvalue weighted by atomic mass is 16.6. The fraction of sp³-hybridized carbons (Fsp3) is 0.600. The number of carbonyl (C=O) groups excluding carboxylic acids is 2. The first kappa shape index (κ1) is 24.2. The van der Waals surface area contributed by atoms with Crippen LogP contribution in [0.15, 0.2) is 18.2 Å². The van der Waals surface area contributed by atoms with E-state index in [4.69, 9.17) is 9.47 Å². The van der Waals surface area contributed by atoms with Crippen LogP contribution in [0.3, 0.4) is 0 Å². The number of rotatable bonds is 5. The van der Waals surface area contributed by atoms with Crippen LogP contribution in [0.4, 0.5) is 21.0 Å². The summed E-state index contributed by atoms with van der Waals surface area (Å²) in [6, 6.07) is 4.33. The molecular formula is C20H31N3O6. The third-order valence-corrected chi connectivity index (χ3v) is 3.72. The number of hydrogen-bond acceptors (Lipinski definition) is 7. The summed E-state index contributed by atoms with van der Waals surface area (Å²) in [5.41, 5.74) is -0.705. The molecule has 0 spiro atoms. The second kappa shape index (κ2) is 9.11. The molecule has 1 aromatic rings. The summed E-state index contributed by atoms with van der Waals surface area (Å²) < 4.78 is 10.7. The predicted octanol–water partition coefficient (Wildman–Crippen LogP) is 4.72. The number of benzene rings is 1. The average molecular weight is 409 g/mol. The fourth-order valence-corrected chi connectivity index (χ4v) is 2.36. The van der Waals surface area contributed by atoms with E-state index in [1.807, 2.05) is 18.9 Å². The summed E-state index contributed by atoms with van der Waals surface area (Å²) >= 11 is 0. The molecule has 0 saturated carbocycles. The predicted molar refractivity (Wildman–Crippen MR) is 110 cm³/mol. The Morgan fingerprint density at radius 3 is 1.90 bits per heavy atom. The molecule has 0 N–H and O–H groups in total. The Hall–Kier alpha value is -2.84. The molecule has 1 rings (SSSR count). The Morgan fingerprint density at radius 1 is 1.03 bits per heavy atom. The van der Waals surface area contributed by atoms with E-state index in [-0.39, 0.29) is 12.2 Å². The number of ether oxygens (including phenoxy) is 2. The van der Waals surface area contributed by atoms with Crippen molar-refractivity contribution in [2.24, 2.45) is 0 Å². The summed E-state index contributed by atoms with van der Waals surface area (Å²) in [5.74, 6) is 0. The molecule has 0 atom stereocenters. The van der Waals surface area contributed by atoms with E-state index in [1.165, 1.54) is 12.1 Å². The van der Waals surface area contributed by atoms with Gasteiger partial charge in [-0.05, 0) is 54.5 Å². The Morgan fingerprint density at radius 2 is 1.52 bits per heavy atom. The van der Waals surface area contributed by atoms with Gasteiger partial charge in [0.1, 0.15) is 11.2 Å². The van der Waals surface area contributed by atoms with Crippen molar-refractivity contribution < 1.29 is 24.0 Å². The molecule has 0 bridgehead atoms. The van der Waals surface area contributed by atoms with Crippen molar-refractivity contribution in [3.63, 3.8) is 0 Å². The maximum absolute atomic E-state index is 12.7. The van der Waals surface area contributed by atoms with E-state index in [1.54, 1.807) is 47.6 Å². The number of nitrogens with zero attached hydrogens (tertiary/aromatic N) is 3. The lowest BCUT2D eigenvalue weighted by molar-refractivity contribution is -0.384. The van der Waals surface area contributed by atoms with Crippen LogP contribution < -0.4 is 4.90 Å². The molecule has 0 aliphatic heterocycles. The van der Waals surface area contributed by atoms with Gasteiger partial charge in [0.05, 0.1) is 11.5 Å². The largest absolute Gasteiger partial charge is 0.443 e. The Labute approximate surface area is 171 Å². The number of imide groups is 1. The summed E-state index contributed by atoms with van der Waals surface area (Å²) in [4.78, 5) is 38.8. The van der Waals surface area contributed by atoms with Gasteiger partial charge in [0.2, 0.25) is 0 Å². The first-order chi connectivity index (χ1) is 13.1. The highest BCUT2D eigenvalue weighted by Gasteiger charge is 2.32. The molecule has 9 nitrogen and oxygen atoms in total. The normalized spacial score (nSPS) is 11.6. The molecule has 0 saturated heterocycles. The molecule has 0 fully saturated rings. The van der Waals surface area contributed by atoms with Crippen molar-refractivity contribution in [2.45, 2.75) is 66.2 Å². The number of amides is 2. The van der Waals surface area contributed by atoms with Gasteiger partial charge >= 0.3 is 12.2 Å². The van der Waals surface area contributed by atoms with Crippen LogP contribution >= 0.6 is 0 Å². The Kier molecular flexibility index (Phi) is 7.60. The minimum atomic E-state index is -0.886. The number of carbonyl (C=O) groups is 2. The van der Waals surface area contributed by atoms with Gasteiger partial charge in [-0.25, -0.2) is 14.5 Å². The molecule has 9 heteroatoms. The van der Waals surface area contributed by atoms with Gasteiger partial charge in [0, 0.05) is 37.0 Å². The van der Waals surface area contributed by atoms with E-state index in [2.05, 4.69) is 0 Å². The number of nitro benzene ring substituents is 1. The third-order valence-electron chi connectivity index (χ3n) is 3.72. The molecule has 2 amide bonds. The van der Waals surface area contributed by atoms with Crippen LogP contribution in [0.2, 0.25) is 0 Å². The lowest BCUT2D eigenvalue weighted by atomic mass is 10.1. The Bertz CT molecular complexity index is 736. The molecule has 0 aromatic heterocycles. The number of anilines is 1. The average Bonchev–Trinajstić information content (AvgIpc) is 2.55. The molecule has 0 heterocycles. The van der Waals surface area contributed by atoms with Gasteiger partial charge in [-0.15, -0.1) is 0 Å². The fourth-order valence-electron chi connectivity index (χ4n) is 2.36. The van der Waals surface area contributed by atoms with E-state index >= 15 is 0 Å². The molecule has 0 aliphatic carbocycles. The van der Waals surface area contributed by atoms with Crippen LogP contribution in [0, 0.1) is 10.1 Å². The standard InChI is InChI=1S/C20H31N3O6/c1-9-21(8)16-11-10-15(23(26)27)12-14(16)13-22(17(24)28-19(2,3)4)18(25)29-20(5,6)7/h10-12H,9,13H2,1-8H3. The van der Waals surface area contributed by atoms with Crippen LogP contribution in [0.25, 0.3) is 0 Å². The van der Waals surface area contributed by atoms with Crippen molar-refractivity contribution in [3.05, 3.63) is 33.9 Å².